The number of amides is 1. The molecule has 1 fully saturated rings. The molecule has 0 bridgehead atoms. The van der Waals surface area contributed by atoms with Gasteiger partial charge in [-0.15, -0.1) is 11.8 Å². The van der Waals surface area contributed by atoms with E-state index in [4.69, 9.17) is 9.41 Å². The second kappa shape index (κ2) is 10.9. The first kappa shape index (κ1) is 28.1. The molecule has 0 spiro atoms. The van der Waals surface area contributed by atoms with Crippen molar-refractivity contribution in [3.63, 3.8) is 0 Å². The van der Waals surface area contributed by atoms with Crippen LogP contribution in [0.25, 0.3) is 10.9 Å². The van der Waals surface area contributed by atoms with Crippen LogP contribution < -0.4 is 4.90 Å². The molecule has 0 N–H and O–H groups in total. The van der Waals surface area contributed by atoms with Gasteiger partial charge in [0.05, 0.1) is 40.6 Å². The van der Waals surface area contributed by atoms with Crippen LogP contribution in [0.4, 0.5) is 5.69 Å². The summed E-state index contributed by atoms with van der Waals surface area (Å²) in [4.78, 5) is 28.0. The molecule has 8 heteroatoms. The fraction of sp³-hybridized carbons (Fsp3) is 0.516. The van der Waals surface area contributed by atoms with Crippen molar-refractivity contribution in [3.05, 3.63) is 59.4 Å². The summed E-state index contributed by atoms with van der Waals surface area (Å²) in [6, 6.07) is 10.5. The molecule has 1 amide bonds. The molecular formula is C31H42N4O2SSi. The molecule has 3 aromatic rings. The van der Waals surface area contributed by atoms with Crippen LogP contribution in [0.15, 0.2) is 47.8 Å². The molecule has 3 heterocycles. The third kappa shape index (κ3) is 5.48. The van der Waals surface area contributed by atoms with Crippen LogP contribution in [0.5, 0.6) is 0 Å². The van der Waals surface area contributed by atoms with Gasteiger partial charge in [-0.05, 0) is 73.0 Å². The number of carbonyl (C=O) groups excluding carboxylic acids is 1. The van der Waals surface area contributed by atoms with Gasteiger partial charge in [0.1, 0.15) is 0 Å². The fourth-order valence-electron chi connectivity index (χ4n) is 5.75. The summed E-state index contributed by atoms with van der Waals surface area (Å²) in [5.41, 5.74) is 4.81. The van der Waals surface area contributed by atoms with E-state index in [2.05, 4.69) is 80.0 Å². The van der Waals surface area contributed by atoms with Crippen molar-refractivity contribution in [1.29, 1.82) is 0 Å². The first-order chi connectivity index (χ1) is 18.5. The van der Waals surface area contributed by atoms with Crippen LogP contribution in [0.1, 0.15) is 67.9 Å². The largest absolute Gasteiger partial charge is 0.412 e. The van der Waals surface area contributed by atoms with Crippen molar-refractivity contribution < 1.29 is 9.22 Å². The summed E-state index contributed by atoms with van der Waals surface area (Å²) in [5.74, 6) is 0.100. The highest BCUT2D eigenvalue weighted by Crippen LogP contribution is 2.42. The highest BCUT2D eigenvalue weighted by molar-refractivity contribution is 7.98. The van der Waals surface area contributed by atoms with Gasteiger partial charge in [0.15, 0.2) is 8.32 Å². The maximum Gasteiger partial charge on any atom is 0.257 e. The molecule has 5 rings (SSSR count). The second-order valence-corrected chi connectivity index (χ2v) is 18.2. The maximum absolute atomic E-state index is 14.3. The van der Waals surface area contributed by atoms with Gasteiger partial charge in [-0.3, -0.25) is 9.78 Å². The van der Waals surface area contributed by atoms with E-state index < -0.39 is 8.32 Å². The number of hydrogen-bond donors (Lipinski definition) is 0. The molecule has 1 aliphatic carbocycles. The Morgan fingerprint density at radius 2 is 1.90 bits per heavy atom. The molecular weight excluding hydrogens is 521 g/mol. The quantitative estimate of drug-likeness (QED) is 0.235. The first-order valence-electron chi connectivity index (χ1n) is 14.1. The number of aromatic nitrogens is 2. The standard InChI is InChI=1S/C31H42N4O2SSi/c1-31(2,3)39(6,7)37-26-13-9-8-12-25(26)35-20-34(4)29-24(30(35)36)18-22(23-11-10-16-32-28(23)29)17-21-14-15-27(38-5)33-19-21/h10-11,14-16,18-19,25-26H,8-9,12-13,17,20H2,1-7H3/t25-,26-/m0/s1. The second-order valence-electron chi connectivity index (χ2n) is 12.6. The smallest absolute Gasteiger partial charge is 0.257 e. The van der Waals surface area contributed by atoms with E-state index in [1.165, 1.54) is 0 Å². The van der Waals surface area contributed by atoms with E-state index >= 15 is 0 Å². The number of pyridine rings is 2. The van der Waals surface area contributed by atoms with Gasteiger partial charge < -0.3 is 14.2 Å². The van der Waals surface area contributed by atoms with Crippen LogP contribution in [0.2, 0.25) is 18.1 Å². The molecule has 6 nitrogen and oxygen atoms in total. The van der Waals surface area contributed by atoms with Crippen LogP contribution in [-0.2, 0) is 10.8 Å². The molecule has 208 valence electrons. The Labute approximate surface area is 238 Å². The summed E-state index contributed by atoms with van der Waals surface area (Å²) in [7, 11) is 0.114. The Bertz CT molecular complexity index is 1360. The third-order valence-electron chi connectivity index (χ3n) is 8.91. The molecule has 39 heavy (non-hydrogen) atoms. The Hall–Kier alpha value is -2.42. The number of thioether (sulfide) groups is 1. The lowest BCUT2D eigenvalue weighted by atomic mass is 9.89. The summed E-state index contributed by atoms with van der Waals surface area (Å²) >= 11 is 1.64. The van der Waals surface area contributed by atoms with E-state index in [-0.39, 0.29) is 23.1 Å². The average molecular weight is 563 g/mol. The minimum absolute atomic E-state index is 0.0811. The number of anilines is 1. The van der Waals surface area contributed by atoms with Crippen LogP contribution in [0.3, 0.4) is 0 Å². The van der Waals surface area contributed by atoms with E-state index in [1.807, 2.05) is 24.7 Å². The van der Waals surface area contributed by atoms with E-state index in [0.717, 1.165) is 64.0 Å². The number of carbonyl (C=O) groups is 1. The highest BCUT2D eigenvalue weighted by Gasteiger charge is 2.44. The lowest BCUT2D eigenvalue weighted by Gasteiger charge is -2.48. The Morgan fingerprint density at radius 3 is 2.59 bits per heavy atom. The number of hydrogen-bond acceptors (Lipinski definition) is 6. The summed E-state index contributed by atoms with van der Waals surface area (Å²) in [5, 5.41) is 2.23. The Kier molecular flexibility index (Phi) is 7.83. The van der Waals surface area contributed by atoms with Crippen molar-refractivity contribution in [1.82, 2.24) is 14.9 Å². The topological polar surface area (TPSA) is 58.6 Å². The van der Waals surface area contributed by atoms with Crippen molar-refractivity contribution in [2.75, 3.05) is 24.9 Å². The molecule has 2 aromatic heterocycles. The number of rotatable bonds is 6. The lowest BCUT2D eigenvalue weighted by molar-refractivity contribution is 0.0218. The summed E-state index contributed by atoms with van der Waals surface area (Å²) < 4.78 is 6.98. The van der Waals surface area contributed by atoms with Gasteiger partial charge in [-0.1, -0.05) is 45.7 Å². The summed E-state index contributed by atoms with van der Waals surface area (Å²) in [6.07, 6.45) is 10.9. The minimum Gasteiger partial charge on any atom is -0.412 e. The van der Waals surface area contributed by atoms with E-state index in [0.29, 0.717) is 13.1 Å². The molecule has 1 saturated carbocycles. The fourth-order valence-corrected chi connectivity index (χ4v) is 7.50. The summed E-state index contributed by atoms with van der Waals surface area (Å²) in [6.45, 7) is 12.1. The SMILES string of the molecule is CSc1ccc(Cc2cc3c(c4ncccc24)N(C)CN([C@H]2CCCC[C@@H]2O[Si](C)(C)C(C)(C)C)C3=O)cn1. The zero-order valence-electron chi connectivity index (χ0n) is 24.5. The number of nitrogens with zero attached hydrogens (tertiary/aromatic N) is 4. The van der Waals surface area contributed by atoms with E-state index in [9.17, 15) is 4.79 Å². The van der Waals surface area contributed by atoms with Gasteiger partial charge in [0.2, 0.25) is 0 Å². The Balaban J connectivity index is 1.52. The minimum atomic E-state index is -1.97. The van der Waals surface area contributed by atoms with Crippen molar-refractivity contribution in [2.45, 2.75) is 88.2 Å². The first-order valence-corrected chi connectivity index (χ1v) is 18.2. The number of fused-ring (bicyclic) bond motifs is 3. The predicted molar refractivity (Wildman–Crippen MR) is 164 cm³/mol. The van der Waals surface area contributed by atoms with Gasteiger partial charge in [0, 0.05) is 24.8 Å². The molecule has 1 aromatic carbocycles. The molecule has 1 aliphatic heterocycles. The van der Waals surface area contributed by atoms with Crippen molar-refractivity contribution >= 4 is 42.6 Å². The van der Waals surface area contributed by atoms with Gasteiger partial charge in [-0.2, -0.15) is 0 Å². The van der Waals surface area contributed by atoms with Crippen LogP contribution in [0, 0.1) is 0 Å². The monoisotopic (exact) mass is 562 g/mol. The molecule has 0 radical (unpaired) electrons. The molecule has 2 aliphatic rings. The molecule has 0 saturated heterocycles. The number of benzene rings is 1. The van der Waals surface area contributed by atoms with Crippen LogP contribution >= 0.6 is 11.8 Å². The maximum atomic E-state index is 14.3. The highest BCUT2D eigenvalue weighted by atomic mass is 32.2. The van der Waals surface area contributed by atoms with E-state index in [1.54, 1.807) is 11.8 Å². The third-order valence-corrected chi connectivity index (χ3v) is 14.1. The Morgan fingerprint density at radius 1 is 1.13 bits per heavy atom. The van der Waals surface area contributed by atoms with Gasteiger partial charge >= 0.3 is 0 Å². The molecule has 0 unspecified atom stereocenters. The lowest BCUT2D eigenvalue weighted by Crippen LogP contribution is -2.58. The predicted octanol–water partition coefficient (Wildman–Crippen LogP) is 7.13. The normalized spacial score (nSPS) is 20.4. The van der Waals surface area contributed by atoms with Crippen molar-refractivity contribution in [3.8, 4) is 0 Å². The zero-order valence-corrected chi connectivity index (χ0v) is 26.3. The average Bonchev–Trinajstić information content (AvgIpc) is 2.90. The van der Waals surface area contributed by atoms with Gasteiger partial charge in [0.25, 0.3) is 5.91 Å². The van der Waals surface area contributed by atoms with Crippen LogP contribution in [-0.4, -0.2) is 61.2 Å². The van der Waals surface area contributed by atoms with Crippen molar-refractivity contribution in [2.24, 2.45) is 0 Å². The zero-order chi connectivity index (χ0) is 27.9. The van der Waals surface area contributed by atoms with Gasteiger partial charge in [-0.25, -0.2) is 4.98 Å². The molecule has 2 atom stereocenters.